The number of aliphatic hydroxyl groups is 1. The van der Waals surface area contributed by atoms with Gasteiger partial charge in [0.05, 0.1) is 5.60 Å². The van der Waals surface area contributed by atoms with E-state index in [2.05, 4.69) is 25.7 Å². The van der Waals surface area contributed by atoms with Crippen molar-refractivity contribution in [1.29, 1.82) is 0 Å². The van der Waals surface area contributed by atoms with E-state index in [4.69, 9.17) is 0 Å². The second-order valence-corrected chi connectivity index (χ2v) is 7.22. The molecule has 2 fully saturated rings. The number of nitrogens with zero attached hydrogens (tertiary/aromatic N) is 1. The Morgan fingerprint density at radius 3 is 2.63 bits per heavy atom. The molecule has 0 radical (unpaired) electrons. The maximum atomic E-state index is 11.2. The first-order chi connectivity index (χ1) is 9.05. The minimum Gasteiger partial charge on any atom is -0.390 e. The van der Waals surface area contributed by atoms with Gasteiger partial charge in [-0.3, -0.25) is 0 Å². The van der Waals surface area contributed by atoms with Crippen molar-refractivity contribution >= 4 is 0 Å². The molecule has 0 aromatic rings. The second-order valence-electron chi connectivity index (χ2n) is 7.22. The molecular formula is C17H33NO. The Morgan fingerprint density at radius 1 is 1.16 bits per heavy atom. The molecule has 2 rings (SSSR count). The average Bonchev–Trinajstić information content (AvgIpc) is 2.62. The standard InChI is InChI=1S/C17H33NO/c1-4-15-7-5-8-16(13-15)17(19)9-6-11-18(12-10-17)14(2)3/h14-16,19H,4-13H2,1-3H3. The lowest BCUT2D eigenvalue weighted by molar-refractivity contribution is -0.0529. The molecule has 0 spiro atoms. The van der Waals surface area contributed by atoms with E-state index in [1.54, 1.807) is 0 Å². The molecule has 1 aliphatic carbocycles. The first kappa shape index (κ1) is 15.3. The molecule has 1 saturated heterocycles. The van der Waals surface area contributed by atoms with Gasteiger partial charge in [0.2, 0.25) is 0 Å². The lowest BCUT2D eigenvalue weighted by atomic mass is 9.69. The van der Waals surface area contributed by atoms with E-state index in [9.17, 15) is 5.11 Å². The highest BCUT2D eigenvalue weighted by molar-refractivity contribution is 4.92. The van der Waals surface area contributed by atoms with Crippen molar-refractivity contribution in [2.45, 2.75) is 83.8 Å². The number of hydrogen-bond donors (Lipinski definition) is 1. The monoisotopic (exact) mass is 267 g/mol. The third kappa shape index (κ3) is 3.72. The van der Waals surface area contributed by atoms with Crippen LogP contribution in [0.3, 0.4) is 0 Å². The van der Waals surface area contributed by atoms with Crippen LogP contribution in [-0.4, -0.2) is 34.7 Å². The number of likely N-dealkylation sites (tertiary alicyclic amines) is 1. The zero-order chi connectivity index (χ0) is 13.9. The predicted octanol–water partition coefficient (Wildman–Crippen LogP) is 3.83. The summed E-state index contributed by atoms with van der Waals surface area (Å²) in [5, 5.41) is 11.2. The SMILES string of the molecule is CCC1CCCC(C2(O)CCCN(C(C)C)CC2)C1. The lowest BCUT2D eigenvalue weighted by Gasteiger charge is -2.40. The smallest absolute Gasteiger partial charge is 0.0688 e. The van der Waals surface area contributed by atoms with E-state index in [0.717, 1.165) is 25.3 Å². The van der Waals surface area contributed by atoms with Gasteiger partial charge in [0.25, 0.3) is 0 Å². The van der Waals surface area contributed by atoms with Crippen molar-refractivity contribution in [3.63, 3.8) is 0 Å². The molecule has 0 amide bonds. The molecule has 0 bridgehead atoms. The number of hydrogen-bond acceptors (Lipinski definition) is 2. The molecule has 112 valence electrons. The summed E-state index contributed by atoms with van der Waals surface area (Å²) in [6.07, 6.45) is 9.74. The van der Waals surface area contributed by atoms with Gasteiger partial charge in [0.1, 0.15) is 0 Å². The maximum Gasteiger partial charge on any atom is 0.0688 e. The van der Waals surface area contributed by atoms with Crippen LogP contribution in [0.15, 0.2) is 0 Å². The molecule has 1 aliphatic heterocycles. The van der Waals surface area contributed by atoms with Crippen LogP contribution in [0.4, 0.5) is 0 Å². The van der Waals surface area contributed by atoms with Gasteiger partial charge in [-0.15, -0.1) is 0 Å². The summed E-state index contributed by atoms with van der Waals surface area (Å²) in [6, 6.07) is 0.622. The topological polar surface area (TPSA) is 23.5 Å². The van der Waals surface area contributed by atoms with Crippen LogP contribution in [0.2, 0.25) is 0 Å². The summed E-state index contributed by atoms with van der Waals surface area (Å²) in [6.45, 7) is 9.12. The van der Waals surface area contributed by atoms with Crippen molar-refractivity contribution in [3.05, 3.63) is 0 Å². The van der Waals surface area contributed by atoms with Crippen LogP contribution >= 0.6 is 0 Å². The van der Waals surface area contributed by atoms with Crippen LogP contribution in [0.5, 0.6) is 0 Å². The third-order valence-electron chi connectivity index (χ3n) is 5.74. The normalized spacial score (nSPS) is 38.4. The molecule has 1 heterocycles. The highest BCUT2D eigenvalue weighted by Gasteiger charge is 2.40. The Kier molecular flexibility index (Phi) is 5.30. The Bertz CT molecular complexity index is 278. The van der Waals surface area contributed by atoms with Gasteiger partial charge in [-0.2, -0.15) is 0 Å². The average molecular weight is 267 g/mol. The fourth-order valence-corrected chi connectivity index (χ4v) is 4.24. The van der Waals surface area contributed by atoms with Crippen LogP contribution in [0.25, 0.3) is 0 Å². The molecule has 1 saturated carbocycles. The summed E-state index contributed by atoms with van der Waals surface area (Å²) < 4.78 is 0. The quantitative estimate of drug-likeness (QED) is 0.840. The van der Waals surface area contributed by atoms with E-state index in [-0.39, 0.29) is 5.60 Å². The lowest BCUT2D eigenvalue weighted by Crippen LogP contribution is -2.42. The van der Waals surface area contributed by atoms with Crippen molar-refractivity contribution < 1.29 is 5.11 Å². The van der Waals surface area contributed by atoms with Gasteiger partial charge >= 0.3 is 0 Å². The van der Waals surface area contributed by atoms with Crippen LogP contribution in [0.1, 0.15) is 72.1 Å². The molecule has 0 aromatic carbocycles. The van der Waals surface area contributed by atoms with E-state index >= 15 is 0 Å². The molecule has 1 N–H and O–H groups in total. The largest absolute Gasteiger partial charge is 0.390 e. The first-order valence-corrected chi connectivity index (χ1v) is 8.51. The van der Waals surface area contributed by atoms with Gasteiger partial charge in [-0.1, -0.05) is 26.2 Å². The Labute approximate surface area is 119 Å². The molecule has 3 atom stereocenters. The maximum absolute atomic E-state index is 11.2. The summed E-state index contributed by atoms with van der Waals surface area (Å²) >= 11 is 0. The molecular weight excluding hydrogens is 234 g/mol. The minimum absolute atomic E-state index is 0.364. The Balaban J connectivity index is 1.97. The van der Waals surface area contributed by atoms with E-state index in [1.165, 1.54) is 45.1 Å². The minimum atomic E-state index is -0.364. The summed E-state index contributed by atoms with van der Waals surface area (Å²) in [4.78, 5) is 2.54. The van der Waals surface area contributed by atoms with Gasteiger partial charge < -0.3 is 10.0 Å². The third-order valence-corrected chi connectivity index (χ3v) is 5.74. The Hall–Kier alpha value is -0.0800. The summed E-state index contributed by atoms with van der Waals surface area (Å²) in [5.74, 6) is 1.44. The Morgan fingerprint density at radius 2 is 1.95 bits per heavy atom. The fraction of sp³-hybridized carbons (Fsp3) is 1.00. The molecule has 0 aromatic heterocycles. The van der Waals surface area contributed by atoms with Crippen molar-refractivity contribution in [3.8, 4) is 0 Å². The summed E-state index contributed by atoms with van der Waals surface area (Å²) in [7, 11) is 0. The van der Waals surface area contributed by atoms with Crippen molar-refractivity contribution in [2.24, 2.45) is 11.8 Å². The molecule has 2 nitrogen and oxygen atoms in total. The first-order valence-electron chi connectivity index (χ1n) is 8.51. The molecule has 19 heavy (non-hydrogen) atoms. The van der Waals surface area contributed by atoms with E-state index in [0.29, 0.717) is 12.0 Å². The highest BCUT2D eigenvalue weighted by atomic mass is 16.3. The van der Waals surface area contributed by atoms with Gasteiger partial charge in [0, 0.05) is 12.6 Å². The van der Waals surface area contributed by atoms with E-state index in [1.807, 2.05) is 0 Å². The summed E-state index contributed by atoms with van der Waals surface area (Å²) in [5.41, 5.74) is -0.364. The van der Waals surface area contributed by atoms with Gasteiger partial charge in [-0.25, -0.2) is 0 Å². The molecule has 3 unspecified atom stereocenters. The van der Waals surface area contributed by atoms with Crippen LogP contribution in [-0.2, 0) is 0 Å². The van der Waals surface area contributed by atoms with E-state index < -0.39 is 0 Å². The number of rotatable bonds is 3. The van der Waals surface area contributed by atoms with Gasteiger partial charge in [-0.05, 0) is 64.3 Å². The fourth-order valence-electron chi connectivity index (χ4n) is 4.24. The predicted molar refractivity (Wildman–Crippen MR) is 81.2 cm³/mol. The molecule has 2 aliphatic rings. The van der Waals surface area contributed by atoms with Crippen LogP contribution in [0, 0.1) is 11.8 Å². The second kappa shape index (κ2) is 6.58. The van der Waals surface area contributed by atoms with Crippen LogP contribution < -0.4 is 0 Å². The zero-order valence-electron chi connectivity index (χ0n) is 13.2. The van der Waals surface area contributed by atoms with Crippen molar-refractivity contribution in [1.82, 2.24) is 4.90 Å². The highest BCUT2D eigenvalue weighted by Crippen LogP contribution is 2.41. The zero-order valence-corrected chi connectivity index (χ0v) is 13.2. The van der Waals surface area contributed by atoms with Crippen molar-refractivity contribution in [2.75, 3.05) is 13.1 Å². The van der Waals surface area contributed by atoms with Gasteiger partial charge in [0.15, 0.2) is 0 Å². The molecule has 2 heteroatoms.